The van der Waals surface area contributed by atoms with Crippen LogP contribution in [0.4, 0.5) is 11.6 Å². The van der Waals surface area contributed by atoms with Crippen LogP contribution in [-0.4, -0.2) is 24.3 Å². The molecule has 0 aliphatic heterocycles. The van der Waals surface area contributed by atoms with Gasteiger partial charge in [-0.25, -0.2) is 18.4 Å². The summed E-state index contributed by atoms with van der Waals surface area (Å²) in [6.07, 6.45) is 0. The van der Waals surface area contributed by atoms with Crippen molar-refractivity contribution in [1.82, 2.24) is 15.4 Å². The number of sulfonamides is 1. The van der Waals surface area contributed by atoms with E-state index < -0.39 is 15.9 Å². The van der Waals surface area contributed by atoms with Gasteiger partial charge in [-0.1, -0.05) is 22.0 Å². The summed E-state index contributed by atoms with van der Waals surface area (Å²) in [5.41, 5.74) is 7.21. The number of amides is 1. The molecule has 0 spiro atoms. The standard InChI is InChI=1S/C19H18BrN5O3S/c1-12-10-13(2)22-19(21-12)24-23-18(26)14-4-3-5-16(11-14)25-29(27,28)17-8-6-15(20)7-9-17/h3-11,25H,1-2H3,(H,23,26)(H,21,22,24). The third-order valence-corrected chi connectivity index (χ3v) is 5.70. The maximum atomic E-state index is 12.5. The first-order chi connectivity index (χ1) is 13.7. The number of rotatable bonds is 6. The number of aryl methyl sites for hydroxylation is 2. The van der Waals surface area contributed by atoms with Gasteiger partial charge in [-0.2, -0.15) is 0 Å². The number of hydrogen-bond acceptors (Lipinski definition) is 6. The number of benzene rings is 2. The van der Waals surface area contributed by atoms with Crippen LogP contribution in [-0.2, 0) is 10.0 Å². The van der Waals surface area contributed by atoms with E-state index in [0.29, 0.717) is 0 Å². The molecule has 3 rings (SSSR count). The zero-order chi connectivity index (χ0) is 21.0. The lowest BCUT2D eigenvalue weighted by Gasteiger charge is -2.11. The summed E-state index contributed by atoms with van der Waals surface area (Å²) in [7, 11) is -3.78. The van der Waals surface area contributed by atoms with Crippen LogP contribution < -0.4 is 15.6 Å². The Bertz CT molecular complexity index is 1130. The molecule has 29 heavy (non-hydrogen) atoms. The molecule has 2 aromatic carbocycles. The van der Waals surface area contributed by atoms with Gasteiger partial charge in [0.05, 0.1) is 4.90 Å². The molecule has 0 aliphatic rings. The number of anilines is 2. The first-order valence-corrected chi connectivity index (χ1v) is 10.8. The van der Waals surface area contributed by atoms with Crippen molar-refractivity contribution in [3.8, 4) is 0 Å². The van der Waals surface area contributed by atoms with E-state index in [0.717, 1.165) is 15.9 Å². The summed E-state index contributed by atoms with van der Waals surface area (Å²) in [6.45, 7) is 3.64. The Labute approximate surface area is 176 Å². The summed E-state index contributed by atoms with van der Waals surface area (Å²) >= 11 is 3.27. The fourth-order valence-corrected chi connectivity index (χ4v) is 3.83. The summed E-state index contributed by atoms with van der Waals surface area (Å²) in [6, 6.07) is 14.2. The Hall–Kier alpha value is -2.98. The van der Waals surface area contributed by atoms with Crippen LogP contribution in [0.3, 0.4) is 0 Å². The van der Waals surface area contributed by atoms with E-state index in [1.807, 2.05) is 19.9 Å². The van der Waals surface area contributed by atoms with Crippen LogP contribution in [0.1, 0.15) is 21.7 Å². The Morgan fingerprint density at radius 2 is 1.62 bits per heavy atom. The average molecular weight is 476 g/mol. The van der Waals surface area contributed by atoms with Gasteiger partial charge in [-0.3, -0.25) is 20.4 Å². The second-order valence-corrected chi connectivity index (χ2v) is 8.79. The predicted octanol–water partition coefficient (Wildman–Crippen LogP) is 3.41. The molecule has 3 aromatic rings. The van der Waals surface area contributed by atoms with E-state index in [1.54, 1.807) is 30.3 Å². The van der Waals surface area contributed by atoms with Gasteiger partial charge in [0.15, 0.2) is 0 Å². The van der Waals surface area contributed by atoms with Crippen LogP contribution >= 0.6 is 15.9 Å². The fraction of sp³-hybridized carbons (Fsp3) is 0.105. The maximum absolute atomic E-state index is 12.5. The smallest absolute Gasteiger partial charge is 0.269 e. The van der Waals surface area contributed by atoms with Crippen molar-refractivity contribution in [1.29, 1.82) is 0 Å². The van der Waals surface area contributed by atoms with Gasteiger partial charge < -0.3 is 0 Å². The van der Waals surface area contributed by atoms with Crippen molar-refractivity contribution in [3.05, 3.63) is 76.0 Å². The molecule has 8 nitrogen and oxygen atoms in total. The van der Waals surface area contributed by atoms with Crippen molar-refractivity contribution in [2.45, 2.75) is 18.7 Å². The molecule has 0 bridgehead atoms. The second-order valence-electron chi connectivity index (χ2n) is 6.19. The molecule has 0 aliphatic carbocycles. The lowest BCUT2D eigenvalue weighted by Crippen LogP contribution is -2.30. The highest BCUT2D eigenvalue weighted by Gasteiger charge is 2.15. The largest absolute Gasteiger partial charge is 0.280 e. The first kappa shape index (κ1) is 20.7. The van der Waals surface area contributed by atoms with Crippen LogP contribution in [0.25, 0.3) is 0 Å². The third-order valence-electron chi connectivity index (χ3n) is 3.77. The SMILES string of the molecule is Cc1cc(C)nc(NNC(=O)c2cccc(NS(=O)(=O)c3ccc(Br)cc3)c2)n1. The molecule has 1 aromatic heterocycles. The molecule has 3 N–H and O–H groups in total. The topological polar surface area (TPSA) is 113 Å². The molecule has 1 amide bonds. The predicted molar refractivity (Wildman–Crippen MR) is 114 cm³/mol. The molecule has 150 valence electrons. The minimum absolute atomic E-state index is 0.115. The van der Waals surface area contributed by atoms with Crippen molar-refractivity contribution in [2.75, 3.05) is 10.1 Å². The lowest BCUT2D eigenvalue weighted by atomic mass is 10.2. The Morgan fingerprint density at radius 3 is 2.28 bits per heavy atom. The first-order valence-electron chi connectivity index (χ1n) is 8.50. The van der Waals surface area contributed by atoms with Crippen molar-refractivity contribution in [2.24, 2.45) is 0 Å². The minimum atomic E-state index is -3.78. The summed E-state index contributed by atoms with van der Waals surface area (Å²) in [4.78, 5) is 20.9. The molecule has 0 fully saturated rings. The number of hydrogen-bond donors (Lipinski definition) is 3. The van der Waals surface area contributed by atoms with E-state index in [9.17, 15) is 13.2 Å². The number of carbonyl (C=O) groups excluding carboxylic acids is 1. The monoisotopic (exact) mass is 475 g/mol. The average Bonchev–Trinajstić information content (AvgIpc) is 2.65. The molecule has 0 saturated heterocycles. The van der Waals surface area contributed by atoms with Crippen molar-refractivity contribution < 1.29 is 13.2 Å². The van der Waals surface area contributed by atoms with Gasteiger partial charge in [-0.15, -0.1) is 0 Å². The van der Waals surface area contributed by atoms with Gasteiger partial charge in [0.2, 0.25) is 5.95 Å². The Morgan fingerprint density at radius 1 is 0.966 bits per heavy atom. The van der Waals surface area contributed by atoms with Gasteiger partial charge in [-0.05, 0) is 62.4 Å². The zero-order valence-corrected chi connectivity index (χ0v) is 18.0. The lowest BCUT2D eigenvalue weighted by molar-refractivity contribution is 0.0962. The number of carbonyl (C=O) groups is 1. The molecular formula is C19H18BrN5O3S. The summed E-state index contributed by atoms with van der Waals surface area (Å²) in [5.74, 6) is -0.194. The van der Waals surface area contributed by atoms with Crippen molar-refractivity contribution >= 4 is 43.5 Å². The van der Waals surface area contributed by atoms with Gasteiger partial charge in [0.1, 0.15) is 0 Å². The molecule has 1 heterocycles. The number of aromatic nitrogens is 2. The molecule has 0 saturated carbocycles. The molecule has 0 unspecified atom stereocenters. The van der Waals surface area contributed by atoms with E-state index in [2.05, 4.69) is 41.5 Å². The number of halogens is 1. The molecular weight excluding hydrogens is 458 g/mol. The van der Waals surface area contributed by atoms with E-state index >= 15 is 0 Å². The van der Waals surface area contributed by atoms with Gasteiger partial charge in [0, 0.05) is 27.1 Å². The summed E-state index contributed by atoms with van der Waals surface area (Å²) in [5, 5.41) is 0. The van der Waals surface area contributed by atoms with Crippen molar-refractivity contribution in [3.63, 3.8) is 0 Å². The van der Waals surface area contributed by atoms with Crippen LogP contribution in [0.15, 0.2) is 64.0 Å². The molecule has 0 atom stereocenters. The maximum Gasteiger partial charge on any atom is 0.269 e. The molecule has 10 heteroatoms. The van der Waals surface area contributed by atoms with E-state index in [4.69, 9.17) is 0 Å². The number of nitrogens with zero attached hydrogens (tertiary/aromatic N) is 2. The Kier molecular flexibility index (Phi) is 6.14. The van der Waals surface area contributed by atoms with Gasteiger partial charge in [0.25, 0.3) is 15.9 Å². The number of nitrogens with one attached hydrogen (secondary N) is 3. The highest BCUT2D eigenvalue weighted by Crippen LogP contribution is 2.19. The highest BCUT2D eigenvalue weighted by molar-refractivity contribution is 9.10. The van der Waals surface area contributed by atoms with E-state index in [-0.39, 0.29) is 22.1 Å². The fourth-order valence-electron chi connectivity index (χ4n) is 2.52. The van der Waals surface area contributed by atoms with Gasteiger partial charge >= 0.3 is 0 Å². The van der Waals surface area contributed by atoms with E-state index in [1.165, 1.54) is 18.2 Å². The van der Waals surface area contributed by atoms with Crippen LogP contribution in [0.5, 0.6) is 0 Å². The highest BCUT2D eigenvalue weighted by atomic mass is 79.9. The quantitative estimate of drug-likeness (QED) is 0.470. The minimum Gasteiger partial charge on any atom is -0.280 e. The van der Waals surface area contributed by atoms with Crippen LogP contribution in [0.2, 0.25) is 0 Å². The van der Waals surface area contributed by atoms with Crippen LogP contribution in [0, 0.1) is 13.8 Å². The zero-order valence-electron chi connectivity index (χ0n) is 15.6. The third kappa shape index (κ3) is 5.52. The normalized spacial score (nSPS) is 11.0. The summed E-state index contributed by atoms with van der Waals surface area (Å²) < 4.78 is 28.3. The molecule has 0 radical (unpaired) electrons. The Balaban J connectivity index is 1.71. The number of hydrazine groups is 1. The second kappa shape index (κ2) is 8.58.